The van der Waals surface area contributed by atoms with Gasteiger partial charge in [0.15, 0.2) is 0 Å². The van der Waals surface area contributed by atoms with Gasteiger partial charge in [-0.05, 0) is 36.5 Å². The summed E-state index contributed by atoms with van der Waals surface area (Å²) in [4.78, 5) is 0. The lowest BCUT2D eigenvalue weighted by molar-refractivity contribution is -0.274. The topological polar surface area (TPSA) is 55.5 Å². The molecule has 3 N–H and O–H groups in total. The van der Waals surface area contributed by atoms with Gasteiger partial charge in [-0.25, -0.2) is 0 Å². The third-order valence-corrected chi connectivity index (χ3v) is 3.86. The standard InChI is InChI=1S/C13H15ClF3NO2/c14-9-6-8(4-5-10(9)20-13(15,16)17)11(18)12(19)7-2-1-3-7/h4-7,11-12,19H,1-3,18H2/t11-,12+/m1/s1. The highest BCUT2D eigenvalue weighted by molar-refractivity contribution is 6.32. The minimum atomic E-state index is -4.79. The summed E-state index contributed by atoms with van der Waals surface area (Å²) in [5.74, 6) is -0.330. The molecule has 0 spiro atoms. The van der Waals surface area contributed by atoms with E-state index < -0.39 is 24.3 Å². The number of benzene rings is 1. The molecular formula is C13H15ClF3NO2. The molecule has 3 nitrogen and oxygen atoms in total. The first kappa shape index (κ1) is 15.4. The number of alkyl halides is 3. The zero-order valence-electron chi connectivity index (χ0n) is 10.5. The fourth-order valence-corrected chi connectivity index (χ4v) is 2.43. The molecule has 1 aromatic rings. The molecule has 1 fully saturated rings. The normalized spacial score (nSPS) is 19.3. The quantitative estimate of drug-likeness (QED) is 0.896. The Hall–Kier alpha value is -0.980. The van der Waals surface area contributed by atoms with E-state index in [4.69, 9.17) is 17.3 Å². The van der Waals surface area contributed by atoms with Crippen molar-refractivity contribution >= 4 is 11.6 Å². The molecule has 0 bridgehead atoms. The van der Waals surface area contributed by atoms with Crippen LogP contribution in [0, 0.1) is 5.92 Å². The summed E-state index contributed by atoms with van der Waals surface area (Å²) in [6.07, 6.45) is -2.61. The predicted molar refractivity (Wildman–Crippen MR) is 68.4 cm³/mol. The van der Waals surface area contributed by atoms with Crippen LogP contribution in [0.1, 0.15) is 30.9 Å². The number of halogens is 4. The van der Waals surface area contributed by atoms with E-state index in [1.165, 1.54) is 12.1 Å². The summed E-state index contributed by atoms with van der Waals surface area (Å²) in [5, 5.41) is 9.87. The Bertz CT molecular complexity index is 477. The molecule has 0 radical (unpaired) electrons. The summed E-state index contributed by atoms with van der Waals surface area (Å²) in [5.41, 5.74) is 6.41. The Kier molecular flexibility index (Phi) is 4.46. The van der Waals surface area contributed by atoms with E-state index in [0.29, 0.717) is 5.56 Å². The predicted octanol–water partition coefficient (Wildman–Crippen LogP) is 3.40. The molecule has 1 aromatic carbocycles. The molecular weight excluding hydrogens is 295 g/mol. The molecule has 0 heterocycles. The van der Waals surface area contributed by atoms with Gasteiger partial charge in [-0.1, -0.05) is 24.1 Å². The number of nitrogens with two attached hydrogens (primary N) is 1. The summed E-state index contributed by atoms with van der Waals surface area (Å²) in [7, 11) is 0. The van der Waals surface area contributed by atoms with Crippen LogP contribution in [0.15, 0.2) is 18.2 Å². The average Bonchev–Trinajstić information content (AvgIpc) is 2.27. The van der Waals surface area contributed by atoms with Crippen LogP contribution in [-0.2, 0) is 0 Å². The Balaban J connectivity index is 2.11. The third kappa shape index (κ3) is 3.56. The van der Waals surface area contributed by atoms with Crippen molar-refractivity contribution in [1.82, 2.24) is 0 Å². The zero-order valence-corrected chi connectivity index (χ0v) is 11.3. The van der Waals surface area contributed by atoms with Gasteiger partial charge in [-0.15, -0.1) is 13.2 Å². The lowest BCUT2D eigenvalue weighted by Gasteiger charge is -2.33. The molecule has 0 aliphatic heterocycles. The summed E-state index contributed by atoms with van der Waals surface area (Å²) < 4.78 is 40.1. The van der Waals surface area contributed by atoms with Crippen LogP contribution in [0.5, 0.6) is 5.75 Å². The van der Waals surface area contributed by atoms with E-state index in [1.54, 1.807) is 0 Å². The minimum Gasteiger partial charge on any atom is -0.404 e. The van der Waals surface area contributed by atoms with Gasteiger partial charge in [0.1, 0.15) is 5.75 Å². The van der Waals surface area contributed by atoms with E-state index in [1.807, 2.05) is 0 Å². The maximum Gasteiger partial charge on any atom is 0.573 e. The molecule has 2 rings (SSSR count). The van der Waals surface area contributed by atoms with Crippen molar-refractivity contribution < 1.29 is 23.0 Å². The van der Waals surface area contributed by atoms with Crippen molar-refractivity contribution in [3.8, 4) is 5.75 Å². The van der Waals surface area contributed by atoms with Crippen LogP contribution in [0.4, 0.5) is 13.2 Å². The highest BCUT2D eigenvalue weighted by Gasteiger charge is 2.33. The SMILES string of the molecule is N[C@H](c1ccc(OC(F)(F)F)c(Cl)c1)[C@@H](O)C1CCC1. The van der Waals surface area contributed by atoms with Gasteiger partial charge in [0.05, 0.1) is 17.2 Å². The Labute approximate surface area is 119 Å². The molecule has 1 aliphatic rings. The van der Waals surface area contributed by atoms with Crippen molar-refractivity contribution in [2.24, 2.45) is 11.7 Å². The van der Waals surface area contributed by atoms with Crippen molar-refractivity contribution in [1.29, 1.82) is 0 Å². The van der Waals surface area contributed by atoms with Crippen molar-refractivity contribution in [2.75, 3.05) is 0 Å². The first-order valence-corrected chi connectivity index (χ1v) is 6.64. The van der Waals surface area contributed by atoms with Gasteiger partial charge < -0.3 is 15.6 Å². The number of ether oxygens (including phenoxy) is 1. The van der Waals surface area contributed by atoms with Crippen LogP contribution in [-0.4, -0.2) is 17.6 Å². The van der Waals surface area contributed by atoms with E-state index in [9.17, 15) is 18.3 Å². The molecule has 1 aliphatic carbocycles. The highest BCUT2D eigenvalue weighted by atomic mass is 35.5. The van der Waals surface area contributed by atoms with Crippen molar-refractivity contribution in [3.63, 3.8) is 0 Å². The first-order chi connectivity index (χ1) is 9.28. The Morgan fingerprint density at radius 3 is 2.45 bits per heavy atom. The summed E-state index contributed by atoms with van der Waals surface area (Å²) in [6.45, 7) is 0. The second-order valence-corrected chi connectivity index (χ2v) is 5.35. The Morgan fingerprint density at radius 1 is 1.35 bits per heavy atom. The van der Waals surface area contributed by atoms with Crippen LogP contribution >= 0.6 is 11.6 Å². The number of aliphatic hydroxyl groups is 1. The fourth-order valence-electron chi connectivity index (χ4n) is 2.20. The van der Waals surface area contributed by atoms with Gasteiger partial charge in [0, 0.05) is 0 Å². The van der Waals surface area contributed by atoms with E-state index in [0.717, 1.165) is 25.3 Å². The zero-order chi connectivity index (χ0) is 14.9. The van der Waals surface area contributed by atoms with Crippen LogP contribution in [0.25, 0.3) is 0 Å². The summed E-state index contributed by atoms with van der Waals surface area (Å²) in [6, 6.07) is 3.13. The maximum atomic E-state index is 12.1. The largest absolute Gasteiger partial charge is 0.573 e. The molecule has 7 heteroatoms. The second kappa shape index (κ2) is 5.79. The number of hydrogen-bond acceptors (Lipinski definition) is 3. The first-order valence-electron chi connectivity index (χ1n) is 6.27. The smallest absolute Gasteiger partial charge is 0.404 e. The van der Waals surface area contributed by atoms with Crippen molar-refractivity contribution in [3.05, 3.63) is 28.8 Å². The molecule has 0 aromatic heterocycles. The number of hydrogen-bond donors (Lipinski definition) is 2. The maximum absolute atomic E-state index is 12.1. The lowest BCUT2D eigenvalue weighted by Crippen LogP contribution is -2.36. The Morgan fingerprint density at radius 2 is 2.00 bits per heavy atom. The van der Waals surface area contributed by atoms with Crippen LogP contribution in [0.2, 0.25) is 5.02 Å². The van der Waals surface area contributed by atoms with Gasteiger partial charge >= 0.3 is 6.36 Å². The monoisotopic (exact) mass is 309 g/mol. The van der Waals surface area contributed by atoms with E-state index >= 15 is 0 Å². The molecule has 20 heavy (non-hydrogen) atoms. The van der Waals surface area contributed by atoms with Gasteiger partial charge in [0.2, 0.25) is 0 Å². The molecule has 2 atom stereocenters. The molecule has 0 unspecified atom stereocenters. The lowest BCUT2D eigenvalue weighted by atomic mass is 9.77. The molecule has 1 saturated carbocycles. The molecule has 0 saturated heterocycles. The minimum absolute atomic E-state index is 0.148. The average molecular weight is 310 g/mol. The van der Waals surface area contributed by atoms with E-state index in [2.05, 4.69) is 4.74 Å². The van der Waals surface area contributed by atoms with Crippen molar-refractivity contribution in [2.45, 2.75) is 37.8 Å². The van der Waals surface area contributed by atoms with Gasteiger partial charge in [-0.2, -0.15) is 0 Å². The molecule has 0 amide bonds. The number of aliphatic hydroxyl groups excluding tert-OH is 1. The highest BCUT2D eigenvalue weighted by Crippen LogP contribution is 2.36. The van der Waals surface area contributed by atoms with Crippen LogP contribution < -0.4 is 10.5 Å². The fraction of sp³-hybridized carbons (Fsp3) is 0.538. The van der Waals surface area contributed by atoms with E-state index in [-0.39, 0.29) is 10.9 Å². The summed E-state index contributed by atoms with van der Waals surface area (Å²) >= 11 is 5.75. The van der Waals surface area contributed by atoms with Crippen LogP contribution in [0.3, 0.4) is 0 Å². The van der Waals surface area contributed by atoms with Gasteiger partial charge in [0.25, 0.3) is 0 Å². The third-order valence-electron chi connectivity index (χ3n) is 3.57. The second-order valence-electron chi connectivity index (χ2n) is 4.95. The van der Waals surface area contributed by atoms with Gasteiger partial charge in [-0.3, -0.25) is 0 Å². The number of rotatable bonds is 4. The molecule has 112 valence electrons.